The topological polar surface area (TPSA) is 49.3 Å². The van der Waals surface area contributed by atoms with E-state index < -0.39 is 5.97 Å². The van der Waals surface area contributed by atoms with Crippen molar-refractivity contribution < 1.29 is 9.90 Å². The van der Waals surface area contributed by atoms with Crippen LogP contribution in [0.25, 0.3) is 0 Å². The smallest absolute Gasteiger partial charge is 0.306 e. The van der Waals surface area contributed by atoms with Gasteiger partial charge in [0.1, 0.15) is 0 Å². The lowest BCUT2D eigenvalue weighted by Gasteiger charge is -2.26. The van der Waals surface area contributed by atoms with Crippen molar-refractivity contribution in [2.24, 2.45) is 5.92 Å². The van der Waals surface area contributed by atoms with E-state index in [0.717, 1.165) is 42.1 Å². The van der Waals surface area contributed by atoms with E-state index in [1.807, 2.05) is 11.4 Å². The summed E-state index contributed by atoms with van der Waals surface area (Å²) in [5.41, 5.74) is 1.14. The zero-order valence-corrected chi connectivity index (χ0v) is 11.1. The number of hydrogen-bond donors (Lipinski definition) is 2. The molecule has 17 heavy (non-hydrogen) atoms. The van der Waals surface area contributed by atoms with E-state index in [-0.39, 0.29) is 5.92 Å². The lowest BCUT2D eigenvalue weighted by atomic mass is 9.86. The van der Waals surface area contributed by atoms with Crippen LogP contribution in [0.4, 0.5) is 0 Å². The zero-order valence-electron chi connectivity index (χ0n) is 9.49. The maximum atomic E-state index is 10.8. The summed E-state index contributed by atoms with van der Waals surface area (Å²) in [6.45, 7) is 0.782. The van der Waals surface area contributed by atoms with Crippen LogP contribution in [0.1, 0.15) is 31.2 Å². The van der Waals surface area contributed by atoms with E-state index in [1.165, 1.54) is 0 Å². The van der Waals surface area contributed by atoms with Gasteiger partial charge in [-0.1, -0.05) is 11.6 Å². The second kappa shape index (κ2) is 5.85. The van der Waals surface area contributed by atoms with Gasteiger partial charge in [-0.15, -0.1) is 11.3 Å². The van der Waals surface area contributed by atoms with E-state index >= 15 is 0 Å². The van der Waals surface area contributed by atoms with Gasteiger partial charge in [0.25, 0.3) is 0 Å². The fourth-order valence-corrected chi connectivity index (χ4v) is 3.17. The van der Waals surface area contributed by atoms with E-state index in [0.29, 0.717) is 6.04 Å². The van der Waals surface area contributed by atoms with Gasteiger partial charge in [0, 0.05) is 12.6 Å². The Kier molecular flexibility index (Phi) is 4.42. The molecule has 0 unspecified atom stereocenters. The van der Waals surface area contributed by atoms with Crippen LogP contribution in [0, 0.1) is 5.92 Å². The standard InChI is InChI=1S/C12H16ClNO2S/c13-11-9(5-6-17-11)7-14-10-3-1-8(2-4-10)12(15)16/h5-6,8,10,14H,1-4,7H2,(H,15,16). The molecular weight excluding hydrogens is 258 g/mol. The molecule has 1 saturated carbocycles. The molecular formula is C12H16ClNO2S. The summed E-state index contributed by atoms with van der Waals surface area (Å²) < 4.78 is 0.844. The quantitative estimate of drug-likeness (QED) is 0.886. The first-order chi connectivity index (χ1) is 8.16. The number of hydrogen-bond acceptors (Lipinski definition) is 3. The predicted molar refractivity (Wildman–Crippen MR) is 69.6 cm³/mol. The van der Waals surface area contributed by atoms with Crippen LogP contribution in [-0.4, -0.2) is 17.1 Å². The van der Waals surface area contributed by atoms with Crippen LogP contribution in [0.5, 0.6) is 0 Å². The van der Waals surface area contributed by atoms with E-state index in [4.69, 9.17) is 16.7 Å². The number of halogens is 1. The van der Waals surface area contributed by atoms with Gasteiger partial charge < -0.3 is 10.4 Å². The Labute approximate surface area is 110 Å². The molecule has 0 radical (unpaired) electrons. The summed E-state index contributed by atoms with van der Waals surface area (Å²) in [5.74, 6) is -0.790. The Morgan fingerprint density at radius 2 is 2.18 bits per heavy atom. The molecule has 0 aromatic carbocycles. The summed E-state index contributed by atoms with van der Waals surface area (Å²) in [6, 6.07) is 2.46. The van der Waals surface area contributed by atoms with Gasteiger partial charge >= 0.3 is 5.97 Å². The molecule has 2 N–H and O–H groups in total. The van der Waals surface area contributed by atoms with Gasteiger partial charge in [-0.3, -0.25) is 4.79 Å². The number of carbonyl (C=O) groups is 1. The SMILES string of the molecule is O=C(O)C1CCC(NCc2ccsc2Cl)CC1. The Morgan fingerprint density at radius 3 is 2.71 bits per heavy atom. The van der Waals surface area contributed by atoms with Gasteiger partial charge in [0.15, 0.2) is 0 Å². The first-order valence-electron chi connectivity index (χ1n) is 5.85. The van der Waals surface area contributed by atoms with Crippen molar-refractivity contribution in [1.29, 1.82) is 0 Å². The maximum absolute atomic E-state index is 10.8. The predicted octanol–water partition coefficient (Wildman–Crippen LogP) is 3.13. The van der Waals surface area contributed by atoms with Crippen molar-refractivity contribution in [3.63, 3.8) is 0 Å². The summed E-state index contributed by atoms with van der Waals surface area (Å²) in [5, 5.41) is 14.3. The molecule has 3 nitrogen and oxygen atoms in total. The van der Waals surface area contributed by atoms with Crippen molar-refractivity contribution in [3.8, 4) is 0 Å². The monoisotopic (exact) mass is 273 g/mol. The highest BCUT2D eigenvalue weighted by Crippen LogP contribution is 2.26. The lowest BCUT2D eigenvalue weighted by Crippen LogP contribution is -2.34. The molecule has 1 aliphatic rings. The minimum Gasteiger partial charge on any atom is -0.481 e. The molecule has 94 valence electrons. The lowest BCUT2D eigenvalue weighted by molar-refractivity contribution is -0.142. The Morgan fingerprint density at radius 1 is 1.47 bits per heavy atom. The number of carboxylic acid groups (broad SMARTS) is 1. The van der Waals surface area contributed by atoms with Crippen molar-refractivity contribution in [2.45, 2.75) is 38.3 Å². The van der Waals surface area contributed by atoms with Crippen LogP contribution in [-0.2, 0) is 11.3 Å². The molecule has 0 atom stereocenters. The average molecular weight is 274 g/mol. The third kappa shape index (κ3) is 3.44. The molecule has 1 fully saturated rings. The molecule has 1 aromatic heterocycles. The molecule has 0 aliphatic heterocycles. The van der Waals surface area contributed by atoms with Gasteiger partial charge in [-0.25, -0.2) is 0 Å². The highest BCUT2D eigenvalue weighted by atomic mass is 35.5. The number of carboxylic acids is 1. The van der Waals surface area contributed by atoms with Crippen LogP contribution in [0.2, 0.25) is 4.34 Å². The van der Waals surface area contributed by atoms with Crippen LogP contribution in [0.3, 0.4) is 0 Å². The number of nitrogens with one attached hydrogen (secondary N) is 1. The minimum absolute atomic E-state index is 0.141. The summed E-state index contributed by atoms with van der Waals surface area (Å²) in [6.07, 6.45) is 3.45. The normalized spacial score (nSPS) is 24.8. The first kappa shape index (κ1) is 12.9. The number of aliphatic carboxylic acids is 1. The Hall–Kier alpha value is -0.580. The largest absolute Gasteiger partial charge is 0.481 e. The molecule has 5 heteroatoms. The molecule has 0 spiro atoms. The Bertz CT molecular complexity index is 386. The number of thiophene rings is 1. The second-order valence-corrected chi connectivity index (χ2v) is 6.01. The van der Waals surface area contributed by atoms with E-state index in [9.17, 15) is 4.79 Å². The van der Waals surface area contributed by atoms with Gasteiger partial charge in [-0.05, 0) is 42.7 Å². The van der Waals surface area contributed by atoms with Crippen LogP contribution < -0.4 is 5.32 Å². The second-order valence-electron chi connectivity index (χ2n) is 4.49. The fourth-order valence-electron chi connectivity index (χ4n) is 2.24. The van der Waals surface area contributed by atoms with Crippen molar-refractivity contribution in [2.75, 3.05) is 0 Å². The molecule has 1 aliphatic carbocycles. The first-order valence-corrected chi connectivity index (χ1v) is 7.10. The number of rotatable bonds is 4. The van der Waals surface area contributed by atoms with Crippen molar-refractivity contribution in [3.05, 3.63) is 21.3 Å². The van der Waals surface area contributed by atoms with Gasteiger partial charge in [0.2, 0.25) is 0 Å². The zero-order chi connectivity index (χ0) is 12.3. The maximum Gasteiger partial charge on any atom is 0.306 e. The van der Waals surface area contributed by atoms with Crippen LogP contribution >= 0.6 is 22.9 Å². The highest BCUT2D eigenvalue weighted by Gasteiger charge is 2.25. The van der Waals surface area contributed by atoms with Crippen LogP contribution in [0.15, 0.2) is 11.4 Å². The van der Waals surface area contributed by atoms with Crippen molar-refractivity contribution in [1.82, 2.24) is 5.32 Å². The molecule has 1 aromatic rings. The molecule has 0 saturated heterocycles. The van der Waals surface area contributed by atoms with Gasteiger partial charge in [0.05, 0.1) is 10.3 Å². The Balaban J connectivity index is 1.75. The molecule has 0 amide bonds. The summed E-state index contributed by atoms with van der Waals surface area (Å²) in [7, 11) is 0. The fraction of sp³-hybridized carbons (Fsp3) is 0.583. The van der Waals surface area contributed by atoms with E-state index in [1.54, 1.807) is 11.3 Å². The van der Waals surface area contributed by atoms with E-state index in [2.05, 4.69) is 5.32 Å². The molecule has 2 rings (SSSR count). The molecule has 0 bridgehead atoms. The van der Waals surface area contributed by atoms with Gasteiger partial charge in [-0.2, -0.15) is 0 Å². The average Bonchev–Trinajstić information content (AvgIpc) is 2.73. The third-order valence-electron chi connectivity index (χ3n) is 3.35. The third-order valence-corrected chi connectivity index (χ3v) is 4.60. The minimum atomic E-state index is -0.649. The molecule has 1 heterocycles. The summed E-state index contributed by atoms with van der Waals surface area (Å²) in [4.78, 5) is 10.8. The summed E-state index contributed by atoms with van der Waals surface area (Å²) >= 11 is 7.57. The highest BCUT2D eigenvalue weighted by molar-refractivity contribution is 7.14. The van der Waals surface area contributed by atoms with Crippen molar-refractivity contribution >= 4 is 28.9 Å².